The number of aryl methyl sites for hydroxylation is 1. The van der Waals surface area contributed by atoms with E-state index in [0.717, 1.165) is 37.9 Å². The molecule has 0 radical (unpaired) electrons. The van der Waals surface area contributed by atoms with Crippen LogP contribution in [-0.2, 0) is 4.74 Å². The highest BCUT2D eigenvalue weighted by Gasteiger charge is 2.49. The Labute approximate surface area is 273 Å². The van der Waals surface area contributed by atoms with Crippen LogP contribution in [0.25, 0.3) is 32.9 Å². The lowest BCUT2D eigenvalue weighted by atomic mass is 9.95. The number of hydrogen-bond acceptors (Lipinski definition) is 8. The number of methoxy groups -OCH3 is 1. The first-order valence-electron chi connectivity index (χ1n) is 16.7. The number of rotatable bonds is 8. The van der Waals surface area contributed by atoms with Gasteiger partial charge in [-0.2, -0.15) is 9.97 Å². The molecule has 244 valence electrons. The smallest absolute Gasteiger partial charge is 0.319 e. The Morgan fingerprint density at radius 1 is 1.06 bits per heavy atom. The van der Waals surface area contributed by atoms with Crippen LogP contribution in [0.15, 0.2) is 30.3 Å². The molecule has 0 amide bonds. The monoisotopic (exact) mass is 639 g/mol. The summed E-state index contributed by atoms with van der Waals surface area (Å²) in [5.41, 5.74) is 1.62. The standard InChI is InChI=1S/C37H39F2N5O3/c1-4-25-7-5-8-26-14-28(47-21-45-3)15-29(31(25)26)33-32(39)34-30(22(2)40-33)35(43-17-23-9-10-24(13-23)18-43)42-36(41-34)46-20-37-11-6-12-44(37)19-27(38)16-37/h1,5,7-8,14-15,23-24,27H,6,9-13,16-21H2,2-3H3/t23?,24?,27-,37+/m1/s1. The zero-order valence-electron chi connectivity index (χ0n) is 26.9. The minimum atomic E-state index is -0.879. The molecule has 10 heteroatoms. The molecule has 1 saturated carbocycles. The van der Waals surface area contributed by atoms with Gasteiger partial charge < -0.3 is 19.1 Å². The van der Waals surface area contributed by atoms with Crippen LogP contribution in [0.3, 0.4) is 0 Å². The van der Waals surface area contributed by atoms with Crippen LogP contribution < -0.4 is 14.4 Å². The van der Waals surface area contributed by atoms with Crippen LogP contribution in [0.4, 0.5) is 14.6 Å². The van der Waals surface area contributed by atoms with E-state index >= 15 is 4.39 Å². The van der Waals surface area contributed by atoms with Crippen molar-refractivity contribution >= 4 is 27.5 Å². The fourth-order valence-corrected chi connectivity index (χ4v) is 8.72. The van der Waals surface area contributed by atoms with Gasteiger partial charge >= 0.3 is 6.01 Å². The number of nitrogens with zero attached hydrogens (tertiary/aromatic N) is 5. The zero-order chi connectivity index (χ0) is 32.3. The molecule has 2 aromatic heterocycles. The first kappa shape index (κ1) is 30.3. The van der Waals surface area contributed by atoms with Gasteiger partial charge in [0.05, 0.1) is 16.6 Å². The van der Waals surface area contributed by atoms with E-state index in [4.69, 9.17) is 35.6 Å². The lowest BCUT2D eigenvalue weighted by Crippen LogP contribution is -2.43. The van der Waals surface area contributed by atoms with Crippen molar-refractivity contribution in [3.8, 4) is 35.4 Å². The van der Waals surface area contributed by atoms with Gasteiger partial charge in [-0.05, 0) is 81.0 Å². The van der Waals surface area contributed by atoms with Crippen molar-refractivity contribution in [1.82, 2.24) is 19.9 Å². The number of benzene rings is 2. The lowest BCUT2D eigenvalue weighted by Gasteiger charge is -2.34. The molecule has 47 heavy (non-hydrogen) atoms. The minimum Gasteiger partial charge on any atom is -0.468 e. The summed E-state index contributed by atoms with van der Waals surface area (Å²) in [5, 5.41) is 2.08. The molecule has 3 saturated heterocycles. The van der Waals surface area contributed by atoms with E-state index in [1.54, 1.807) is 13.2 Å². The number of anilines is 1. The number of ether oxygens (including phenoxy) is 3. The van der Waals surface area contributed by atoms with Gasteiger partial charge in [0.2, 0.25) is 0 Å². The fourth-order valence-electron chi connectivity index (χ4n) is 8.72. The number of piperidine rings is 1. The third-order valence-electron chi connectivity index (χ3n) is 10.8. The second-order valence-corrected chi connectivity index (χ2v) is 13.8. The van der Waals surface area contributed by atoms with E-state index in [2.05, 4.69) is 15.7 Å². The van der Waals surface area contributed by atoms with E-state index in [9.17, 15) is 4.39 Å². The number of terminal acetylenes is 1. The third-order valence-corrected chi connectivity index (χ3v) is 10.8. The van der Waals surface area contributed by atoms with Crippen molar-refractivity contribution in [3.63, 3.8) is 0 Å². The summed E-state index contributed by atoms with van der Waals surface area (Å²) in [6, 6.07) is 9.34. The van der Waals surface area contributed by atoms with Crippen molar-refractivity contribution < 1.29 is 23.0 Å². The van der Waals surface area contributed by atoms with E-state index in [1.807, 2.05) is 31.2 Å². The highest BCUT2D eigenvalue weighted by molar-refractivity contribution is 6.03. The average molecular weight is 640 g/mol. The van der Waals surface area contributed by atoms with Crippen LogP contribution in [0.2, 0.25) is 0 Å². The molecular formula is C37H39F2N5O3. The summed E-state index contributed by atoms with van der Waals surface area (Å²) >= 11 is 0. The van der Waals surface area contributed by atoms with Crippen LogP contribution in [0.1, 0.15) is 49.8 Å². The molecule has 0 N–H and O–H groups in total. The minimum absolute atomic E-state index is 0.0314. The molecule has 4 atom stereocenters. The van der Waals surface area contributed by atoms with Gasteiger partial charge in [-0.1, -0.05) is 18.1 Å². The molecule has 0 spiro atoms. The summed E-state index contributed by atoms with van der Waals surface area (Å²) in [4.78, 5) is 19.1. The van der Waals surface area contributed by atoms with Crippen molar-refractivity contribution in [3.05, 3.63) is 47.4 Å². The molecule has 2 unspecified atom stereocenters. The Morgan fingerprint density at radius 2 is 1.89 bits per heavy atom. The summed E-state index contributed by atoms with van der Waals surface area (Å²) in [7, 11) is 1.55. The maximum absolute atomic E-state index is 17.2. The molecule has 8 nitrogen and oxygen atoms in total. The van der Waals surface area contributed by atoms with Crippen molar-refractivity contribution in [2.75, 3.05) is 51.6 Å². The predicted molar refractivity (Wildman–Crippen MR) is 177 cm³/mol. The van der Waals surface area contributed by atoms with E-state index in [-0.39, 0.29) is 36.2 Å². The van der Waals surface area contributed by atoms with Crippen LogP contribution in [-0.4, -0.2) is 78.3 Å². The Bertz CT molecular complexity index is 1900. The summed E-state index contributed by atoms with van der Waals surface area (Å²) in [6.07, 6.45) is 10.9. The summed E-state index contributed by atoms with van der Waals surface area (Å²) < 4.78 is 49.0. The fraction of sp³-hybridized carbons (Fsp3) is 0.486. The topological polar surface area (TPSA) is 72.8 Å². The summed E-state index contributed by atoms with van der Waals surface area (Å²) in [5.74, 6) is 4.48. The largest absolute Gasteiger partial charge is 0.468 e. The van der Waals surface area contributed by atoms with Crippen LogP contribution >= 0.6 is 0 Å². The predicted octanol–water partition coefficient (Wildman–Crippen LogP) is 6.45. The average Bonchev–Trinajstić information content (AvgIpc) is 3.73. The SMILES string of the molecule is C#Cc1cccc2cc(OCOC)cc(-c3nc(C)c4c(N5CC6CCC(C6)C5)nc(OC[C@@]56CCCN5C[C@H](F)C6)nc4c3F)c12. The molecule has 8 rings (SSSR count). The highest BCUT2D eigenvalue weighted by atomic mass is 19.1. The van der Waals surface area contributed by atoms with E-state index in [1.165, 1.54) is 19.3 Å². The quantitative estimate of drug-likeness (QED) is 0.161. The number of alkyl halides is 1. The first-order valence-corrected chi connectivity index (χ1v) is 16.7. The number of fused-ring (bicyclic) bond motifs is 5. The Kier molecular flexibility index (Phi) is 7.65. The Hall–Kier alpha value is -4.07. The maximum Gasteiger partial charge on any atom is 0.319 e. The van der Waals surface area contributed by atoms with E-state index < -0.39 is 12.0 Å². The van der Waals surface area contributed by atoms with Gasteiger partial charge in [-0.25, -0.2) is 13.8 Å². The van der Waals surface area contributed by atoms with Crippen LogP contribution in [0.5, 0.6) is 11.8 Å². The maximum atomic E-state index is 17.2. The molecule has 3 aliphatic heterocycles. The normalized spacial score (nSPS) is 25.4. The molecular weight excluding hydrogens is 600 g/mol. The van der Waals surface area contributed by atoms with E-state index in [0.29, 0.717) is 64.0 Å². The number of hydrogen-bond donors (Lipinski definition) is 0. The molecule has 4 fully saturated rings. The number of aromatic nitrogens is 3. The van der Waals surface area contributed by atoms with Gasteiger partial charge in [0, 0.05) is 49.7 Å². The number of halogens is 2. The molecule has 4 aliphatic rings. The molecule has 2 bridgehead atoms. The number of pyridine rings is 1. The van der Waals surface area contributed by atoms with Gasteiger partial charge in [0.15, 0.2) is 12.6 Å². The molecule has 5 heterocycles. The second-order valence-electron chi connectivity index (χ2n) is 13.8. The van der Waals surface area contributed by atoms with Crippen molar-refractivity contribution in [2.24, 2.45) is 11.8 Å². The van der Waals surface area contributed by atoms with Crippen molar-refractivity contribution in [1.29, 1.82) is 0 Å². The Balaban J connectivity index is 1.29. The van der Waals surface area contributed by atoms with Gasteiger partial charge in [-0.15, -0.1) is 6.42 Å². The molecule has 4 aromatic rings. The summed E-state index contributed by atoms with van der Waals surface area (Å²) in [6.45, 7) is 5.15. The van der Waals surface area contributed by atoms with Gasteiger partial charge in [0.25, 0.3) is 0 Å². The van der Waals surface area contributed by atoms with Crippen LogP contribution in [0, 0.1) is 36.9 Å². The first-order chi connectivity index (χ1) is 22.9. The third kappa shape index (κ3) is 5.24. The van der Waals surface area contributed by atoms with Gasteiger partial charge in [-0.3, -0.25) is 4.90 Å². The second kappa shape index (κ2) is 11.9. The van der Waals surface area contributed by atoms with Gasteiger partial charge in [0.1, 0.15) is 35.6 Å². The zero-order valence-corrected chi connectivity index (χ0v) is 26.9. The molecule has 2 aromatic carbocycles. The van der Waals surface area contributed by atoms with Crippen molar-refractivity contribution in [2.45, 2.75) is 57.2 Å². The lowest BCUT2D eigenvalue weighted by molar-refractivity contribution is 0.0512. The highest BCUT2D eigenvalue weighted by Crippen LogP contribution is 2.44. The molecule has 1 aliphatic carbocycles. The Morgan fingerprint density at radius 3 is 2.68 bits per heavy atom.